The van der Waals surface area contributed by atoms with Gasteiger partial charge in [0.25, 0.3) is 0 Å². The smallest absolute Gasteiger partial charge is 0.222 e. The maximum atomic E-state index is 12.6. The summed E-state index contributed by atoms with van der Waals surface area (Å²) < 4.78 is 0. The summed E-state index contributed by atoms with van der Waals surface area (Å²) in [5.41, 5.74) is 0. The van der Waals surface area contributed by atoms with E-state index < -0.39 is 18.2 Å². The van der Waals surface area contributed by atoms with E-state index in [1.165, 1.54) is 302 Å². The lowest BCUT2D eigenvalue weighted by Crippen LogP contribution is -2.45. The second-order valence-electron chi connectivity index (χ2n) is 23.1. The van der Waals surface area contributed by atoms with Gasteiger partial charge in [0.2, 0.25) is 5.91 Å². The molecule has 0 saturated heterocycles. The lowest BCUT2D eigenvalue weighted by atomic mass is 10.0. The van der Waals surface area contributed by atoms with Crippen molar-refractivity contribution in [3.63, 3.8) is 0 Å². The Morgan fingerprint density at radius 3 is 0.877 bits per heavy atom. The summed E-state index contributed by atoms with van der Waals surface area (Å²) in [5, 5.41) is 33.5. The van der Waals surface area contributed by atoms with Crippen molar-refractivity contribution in [3.8, 4) is 0 Å². The van der Waals surface area contributed by atoms with Gasteiger partial charge in [0.15, 0.2) is 0 Å². The molecule has 0 radical (unpaired) electrons. The van der Waals surface area contributed by atoms with Crippen LogP contribution in [0.25, 0.3) is 0 Å². The quantitative estimate of drug-likeness (QED) is 0.0361. The van der Waals surface area contributed by atoms with E-state index in [0.29, 0.717) is 6.42 Å². The van der Waals surface area contributed by atoms with Crippen LogP contribution in [0.2, 0.25) is 0 Å². The van der Waals surface area contributed by atoms with Crippen LogP contribution in [-0.4, -0.2) is 46.1 Å². The van der Waals surface area contributed by atoms with Crippen LogP contribution in [0.15, 0.2) is 36.5 Å². The van der Waals surface area contributed by atoms with Gasteiger partial charge in [-0.2, -0.15) is 0 Å². The standard InChI is InChI=1S/C68H131NO4/c1-3-5-7-9-11-13-15-17-19-21-23-25-27-29-30-31-32-33-34-35-36-38-39-41-43-45-47-49-51-53-55-57-59-61-65(71)63-68(73)69-66(64-70)67(72)62-60-58-56-54-52-50-48-46-44-42-40-37-28-26-24-22-20-18-16-14-12-10-8-6-4-2/h44,46,52,54,60,62,65-67,70-72H,3-43,45,47-51,53,55-59,61,63-64H2,1-2H3,(H,69,73)/b46-44+,54-52+,62-60+. The number of amides is 1. The molecule has 0 aromatic heterocycles. The highest BCUT2D eigenvalue weighted by atomic mass is 16.3. The zero-order valence-electron chi connectivity index (χ0n) is 49.5. The Labute approximate surface area is 457 Å². The van der Waals surface area contributed by atoms with Gasteiger partial charge >= 0.3 is 0 Å². The lowest BCUT2D eigenvalue weighted by molar-refractivity contribution is -0.124. The number of carbonyl (C=O) groups is 1. The highest BCUT2D eigenvalue weighted by molar-refractivity contribution is 5.76. The van der Waals surface area contributed by atoms with Gasteiger partial charge in [-0.1, -0.05) is 352 Å². The lowest BCUT2D eigenvalue weighted by Gasteiger charge is -2.21. The summed E-state index contributed by atoms with van der Waals surface area (Å²) in [4.78, 5) is 12.6. The fraction of sp³-hybridized carbons (Fsp3) is 0.897. The van der Waals surface area contributed by atoms with Crippen molar-refractivity contribution < 1.29 is 20.1 Å². The van der Waals surface area contributed by atoms with Gasteiger partial charge in [0, 0.05) is 0 Å². The van der Waals surface area contributed by atoms with Gasteiger partial charge in [-0.3, -0.25) is 4.79 Å². The van der Waals surface area contributed by atoms with E-state index >= 15 is 0 Å². The molecule has 3 unspecified atom stereocenters. The highest BCUT2D eigenvalue weighted by Crippen LogP contribution is 2.19. The molecule has 0 aliphatic heterocycles. The highest BCUT2D eigenvalue weighted by Gasteiger charge is 2.20. The first-order valence-electron chi connectivity index (χ1n) is 33.3. The maximum Gasteiger partial charge on any atom is 0.222 e. The van der Waals surface area contributed by atoms with Crippen LogP contribution in [0.1, 0.15) is 367 Å². The van der Waals surface area contributed by atoms with E-state index in [2.05, 4.69) is 43.5 Å². The molecule has 5 nitrogen and oxygen atoms in total. The van der Waals surface area contributed by atoms with E-state index in [1.807, 2.05) is 6.08 Å². The first kappa shape index (κ1) is 71.6. The van der Waals surface area contributed by atoms with Crippen molar-refractivity contribution in [2.75, 3.05) is 6.61 Å². The van der Waals surface area contributed by atoms with Gasteiger partial charge in [-0.25, -0.2) is 0 Å². The molecule has 0 spiro atoms. The minimum absolute atomic E-state index is 0.00601. The molecule has 0 heterocycles. The normalized spacial score (nSPS) is 13.3. The van der Waals surface area contributed by atoms with Crippen molar-refractivity contribution in [1.29, 1.82) is 0 Å². The average molecular weight is 1030 g/mol. The van der Waals surface area contributed by atoms with Gasteiger partial charge in [-0.05, 0) is 44.9 Å². The third kappa shape index (κ3) is 59.7. The van der Waals surface area contributed by atoms with Gasteiger partial charge in [0.1, 0.15) is 0 Å². The third-order valence-electron chi connectivity index (χ3n) is 15.7. The molecule has 0 aliphatic carbocycles. The molecule has 432 valence electrons. The number of allylic oxidation sites excluding steroid dienone is 5. The van der Waals surface area contributed by atoms with E-state index in [9.17, 15) is 20.1 Å². The van der Waals surface area contributed by atoms with Crippen LogP contribution in [0.4, 0.5) is 0 Å². The Morgan fingerprint density at radius 1 is 0.342 bits per heavy atom. The van der Waals surface area contributed by atoms with Crippen LogP contribution < -0.4 is 5.32 Å². The predicted octanol–water partition coefficient (Wildman–Crippen LogP) is 21.3. The number of hydrogen-bond donors (Lipinski definition) is 4. The fourth-order valence-electron chi connectivity index (χ4n) is 10.6. The van der Waals surface area contributed by atoms with E-state index in [0.717, 1.165) is 38.5 Å². The number of aliphatic hydroxyl groups excluding tert-OH is 3. The van der Waals surface area contributed by atoms with Crippen molar-refractivity contribution in [2.24, 2.45) is 0 Å². The molecule has 0 saturated carbocycles. The predicted molar refractivity (Wildman–Crippen MR) is 324 cm³/mol. The molecule has 3 atom stereocenters. The number of unbranched alkanes of at least 4 members (excludes halogenated alkanes) is 49. The monoisotopic (exact) mass is 1030 g/mol. The van der Waals surface area contributed by atoms with Crippen molar-refractivity contribution in [3.05, 3.63) is 36.5 Å². The molecule has 0 bridgehead atoms. The summed E-state index contributed by atoms with van der Waals surface area (Å²) in [6, 6.07) is -0.768. The van der Waals surface area contributed by atoms with Crippen LogP contribution in [0.5, 0.6) is 0 Å². The first-order valence-corrected chi connectivity index (χ1v) is 33.3. The second kappa shape index (κ2) is 63.1. The Morgan fingerprint density at radius 2 is 0.589 bits per heavy atom. The molecular formula is C68H131NO4. The molecule has 0 rings (SSSR count). The van der Waals surface area contributed by atoms with Gasteiger partial charge < -0.3 is 20.6 Å². The molecular weight excluding hydrogens is 895 g/mol. The Bertz CT molecular complexity index is 1130. The maximum absolute atomic E-state index is 12.6. The molecule has 5 heteroatoms. The van der Waals surface area contributed by atoms with Crippen molar-refractivity contribution in [2.45, 2.75) is 385 Å². The van der Waals surface area contributed by atoms with Crippen LogP contribution >= 0.6 is 0 Å². The minimum Gasteiger partial charge on any atom is -0.394 e. The topological polar surface area (TPSA) is 89.8 Å². The number of nitrogens with one attached hydrogen (secondary N) is 1. The van der Waals surface area contributed by atoms with Crippen molar-refractivity contribution in [1.82, 2.24) is 5.32 Å². The van der Waals surface area contributed by atoms with Crippen LogP contribution in [0, 0.1) is 0 Å². The van der Waals surface area contributed by atoms with Crippen LogP contribution in [0.3, 0.4) is 0 Å². The summed E-state index contributed by atoms with van der Waals surface area (Å²) >= 11 is 0. The molecule has 1 amide bonds. The Hall–Kier alpha value is -1.43. The Balaban J connectivity index is 3.53. The molecule has 0 fully saturated rings. The largest absolute Gasteiger partial charge is 0.394 e. The Kier molecular flexibility index (Phi) is 61.9. The molecule has 4 N–H and O–H groups in total. The van der Waals surface area contributed by atoms with Gasteiger partial charge in [-0.15, -0.1) is 0 Å². The van der Waals surface area contributed by atoms with E-state index in [4.69, 9.17) is 0 Å². The van der Waals surface area contributed by atoms with E-state index in [-0.39, 0.29) is 18.9 Å². The summed E-state index contributed by atoms with van der Waals surface area (Å²) in [6.45, 7) is 4.25. The summed E-state index contributed by atoms with van der Waals surface area (Å²) in [5.74, 6) is -0.322. The zero-order chi connectivity index (χ0) is 52.9. The first-order chi connectivity index (χ1) is 36.0. The van der Waals surface area contributed by atoms with Crippen molar-refractivity contribution >= 4 is 5.91 Å². The van der Waals surface area contributed by atoms with Gasteiger partial charge in [0.05, 0.1) is 31.3 Å². The number of carbonyl (C=O) groups excluding carboxylic acids is 1. The number of aliphatic hydroxyl groups is 3. The summed E-state index contributed by atoms with van der Waals surface area (Å²) in [7, 11) is 0. The molecule has 0 aliphatic rings. The molecule has 73 heavy (non-hydrogen) atoms. The zero-order valence-corrected chi connectivity index (χ0v) is 49.5. The SMILES string of the molecule is CCCCCCCCCCCCCCCCC/C=C/CC/C=C/CC/C=C/C(O)C(CO)NC(=O)CC(O)CCCCCCCCCCCCCCCCCCCCCCCCCCCCCCCCCCC. The molecule has 0 aromatic carbocycles. The third-order valence-corrected chi connectivity index (χ3v) is 15.7. The summed E-state index contributed by atoms with van der Waals surface area (Å²) in [6.07, 6.45) is 83.9. The van der Waals surface area contributed by atoms with E-state index in [1.54, 1.807) is 6.08 Å². The van der Waals surface area contributed by atoms with Crippen LogP contribution in [-0.2, 0) is 4.79 Å². The average Bonchev–Trinajstić information content (AvgIpc) is 3.39. The number of rotatable bonds is 62. The minimum atomic E-state index is -0.960. The fourth-order valence-corrected chi connectivity index (χ4v) is 10.6. The second-order valence-corrected chi connectivity index (χ2v) is 23.1. The number of hydrogen-bond acceptors (Lipinski definition) is 4. The molecule has 0 aromatic rings.